The molecule has 0 spiro atoms. The molecule has 3 rings (SSSR count). The van der Waals surface area contributed by atoms with E-state index in [1.807, 2.05) is 68.1 Å². The molecule has 1 aliphatic rings. The van der Waals surface area contributed by atoms with Gasteiger partial charge in [0.15, 0.2) is 0 Å². The van der Waals surface area contributed by atoms with Crippen LogP contribution >= 0.6 is 0 Å². The maximum Gasteiger partial charge on any atom is 0.253 e. The number of amides is 3. The van der Waals surface area contributed by atoms with E-state index in [9.17, 15) is 14.4 Å². The molecule has 1 heterocycles. The summed E-state index contributed by atoms with van der Waals surface area (Å²) in [6.07, 6.45) is 2.13. The molecule has 3 amide bonds. The number of likely N-dealkylation sites (tertiary alicyclic amines) is 1. The van der Waals surface area contributed by atoms with Crippen LogP contribution in [0.3, 0.4) is 0 Å². The number of carbonyl (C=O) groups is 3. The Labute approximate surface area is 184 Å². The summed E-state index contributed by atoms with van der Waals surface area (Å²) in [5.41, 5.74) is 3.01. The van der Waals surface area contributed by atoms with Crippen LogP contribution in [0.1, 0.15) is 58.5 Å². The van der Waals surface area contributed by atoms with Crippen molar-refractivity contribution in [3.05, 3.63) is 70.8 Å². The van der Waals surface area contributed by atoms with Crippen molar-refractivity contribution in [3.8, 4) is 0 Å². The van der Waals surface area contributed by atoms with Crippen molar-refractivity contribution in [2.75, 3.05) is 13.1 Å². The maximum atomic E-state index is 12.8. The van der Waals surface area contributed by atoms with Crippen molar-refractivity contribution in [1.82, 2.24) is 15.5 Å². The molecule has 1 fully saturated rings. The van der Waals surface area contributed by atoms with Gasteiger partial charge in [-0.1, -0.05) is 44.2 Å². The van der Waals surface area contributed by atoms with Gasteiger partial charge in [0.25, 0.3) is 11.8 Å². The summed E-state index contributed by atoms with van der Waals surface area (Å²) in [6.45, 7) is 7.66. The number of nitrogens with zero attached hydrogens (tertiary/aromatic N) is 1. The molecule has 164 valence electrons. The zero-order valence-corrected chi connectivity index (χ0v) is 18.5. The fourth-order valence-corrected chi connectivity index (χ4v) is 3.75. The molecular weight excluding hydrogens is 390 g/mol. The molecule has 0 aliphatic carbocycles. The molecule has 1 atom stereocenters. The Morgan fingerprint density at radius 1 is 0.968 bits per heavy atom. The van der Waals surface area contributed by atoms with E-state index in [1.54, 1.807) is 6.07 Å². The molecule has 0 radical (unpaired) electrons. The lowest BCUT2D eigenvalue weighted by molar-refractivity contribution is -0.124. The van der Waals surface area contributed by atoms with Gasteiger partial charge in [-0.2, -0.15) is 0 Å². The number of hydrogen-bond acceptors (Lipinski definition) is 3. The smallest absolute Gasteiger partial charge is 0.253 e. The van der Waals surface area contributed by atoms with Crippen LogP contribution in [-0.4, -0.2) is 41.8 Å². The third kappa shape index (κ3) is 5.72. The minimum Gasteiger partial charge on any atom is -0.350 e. The van der Waals surface area contributed by atoms with Gasteiger partial charge in [0, 0.05) is 30.8 Å². The number of aryl methyl sites for hydroxylation is 1. The third-order valence-corrected chi connectivity index (χ3v) is 5.69. The predicted molar refractivity (Wildman–Crippen MR) is 121 cm³/mol. The Bertz CT molecular complexity index is 931. The van der Waals surface area contributed by atoms with Gasteiger partial charge >= 0.3 is 0 Å². The van der Waals surface area contributed by atoms with Gasteiger partial charge in [-0.25, -0.2) is 0 Å². The zero-order valence-electron chi connectivity index (χ0n) is 18.5. The highest BCUT2D eigenvalue weighted by Crippen LogP contribution is 2.14. The van der Waals surface area contributed by atoms with Gasteiger partial charge in [0.05, 0.1) is 0 Å². The summed E-state index contributed by atoms with van der Waals surface area (Å²) >= 11 is 0. The molecule has 2 aromatic rings. The van der Waals surface area contributed by atoms with E-state index in [4.69, 9.17) is 0 Å². The first-order chi connectivity index (χ1) is 14.9. The van der Waals surface area contributed by atoms with Crippen LogP contribution in [0.15, 0.2) is 48.5 Å². The average Bonchev–Trinajstić information content (AvgIpc) is 3.30. The first kappa shape index (κ1) is 22.5. The van der Waals surface area contributed by atoms with Crippen molar-refractivity contribution in [2.45, 2.75) is 46.2 Å². The summed E-state index contributed by atoms with van der Waals surface area (Å²) in [6, 6.07) is 14.0. The quantitative estimate of drug-likeness (QED) is 0.720. The first-order valence-corrected chi connectivity index (χ1v) is 10.9. The van der Waals surface area contributed by atoms with E-state index in [1.165, 1.54) is 0 Å². The Morgan fingerprint density at radius 2 is 1.61 bits per heavy atom. The molecule has 6 nitrogen and oxygen atoms in total. The average molecular weight is 422 g/mol. The van der Waals surface area contributed by atoms with Crippen molar-refractivity contribution < 1.29 is 14.4 Å². The van der Waals surface area contributed by atoms with E-state index in [-0.39, 0.29) is 23.6 Å². The normalized spacial score (nSPS) is 14.4. The lowest BCUT2D eigenvalue weighted by Crippen LogP contribution is -2.49. The summed E-state index contributed by atoms with van der Waals surface area (Å²) < 4.78 is 0. The number of benzene rings is 2. The highest BCUT2D eigenvalue weighted by atomic mass is 16.2. The van der Waals surface area contributed by atoms with Crippen molar-refractivity contribution in [3.63, 3.8) is 0 Å². The molecule has 6 heteroatoms. The second kappa shape index (κ2) is 10.2. The largest absolute Gasteiger partial charge is 0.350 e. The maximum absolute atomic E-state index is 12.8. The topological polar surface area (TPSA) is 78.5 Å². The summed E-state index contributed by atoms with van der Waals surface area (Å²) in [4.78, 5) is 39.7. The molecule has 1 unspecified atom stereocenters. The van der Waals surface area contributed by atoms with Gasteiger partial charge in [-0.15, -0.1) is 0 Å². The lowest BCUT2D eigenvalue weighted by Gasteiger charge is -2.22. The summed E-state index contributed by atoms with van der Waals surface area (Å²) in [7, 11) is 0. The molecule has 1 saturated heterocycles. The van der Waals surface area contributed by atoms with Crippen LogP contribution in [0.2, 0.25) is 0 Å². The highest BCUT2D eigenvalue weighted by molar-refractivity contribution is 5.98. The van der Waals surface area contributed by atoms with Crippen LogP contribution in [0.5, 0.6) is 0 Å². The highest BCUT2D eigenvalue weighted by Gasteiger charge is 2.25. The molecule has 0 aromatic heterocycles. The van der Waals surface area contributed by atoms with Crippen molar-refractivity contribution >= 4 is 17.7 Å². The van der Waals surface area contributed by atoms with Crippen LogP contribution in [0.4, 0.5) is 0 Å². The molecule has 2 N–H and O–H groups in total. The minimum absolute atomic E-state index is 0.0616. The molecule has 0 bridgehead atoms. The Balaban J connectivity index is 1.58. The molecule has 31 heavy (non-hydrogen) atoms. The van der Waals surface area contributed by atoms with Crippen LogP contribution in [0.25, 0.3) is 0 Å². The van der Waals surface area contributed by atoms with E-state index in [2.05, 4.69) is 10.6 Å². The fourth-order valence-electron chi connectivity index (χ4n) is 3.75. The standard InChI is InChI=1S/C25H31N3O3/c1-17(2)22(27-23(29)21-9-5-4-8-18(21)3)24(30)26-16-19-10-12-20(13-11-19)25(31)28-14-6-7-15-28/h4-5,8-13,17,22H,6-7,14-16H2,1-3H3,(H,26,30)(H,27,29). The van der Waals surface area contributed by atoms with Crippen molar-refractivity contribution in [2.24, 2.45) is 5.92 Å². The molecule has 0 saturated carbocycles. The lowest BCUT2D eigenvalue weighted by atomic mass is 10.0. The van der Waals surface area contributed by atoms with Crippen molar-refractivity contribution in [1.29, 1.82) is 0 Å². The third-order valence-electron chi connectivity index (χ3n) is 5.69. The Hall–Kier alpha value is -3.15. The minimum atomic E-state index is -0.636. The Kier molecular flexibility index (Phi) is 7.45. The summed E-state index contributed by atoms with van der Waals surface area (Å²) in [5.74, 6) is -0.480. The van der Waals surface area contributed by atoms with Gasteiger partial charge in [-0.05, 0) is 55.0 Å². The van der Waals surface area contributed by atoms with E-state index in [0.717, 1.165) is 37.1 Å². The van der Waals surface area contributed by atoms with Crippen LogP contribution in [-0.2, 0) is 11.3 Å². The zero-order chi connectivity index (χ0) is 22.4. The first-order valence-electron chi connectivity index (χ1n) is 10.9. The van der Waals surface area contributed by atoms with Crippen LogP contribution < -0.4 is 10.6 Å². The number of rotatable bonds is 7. The predicted octanol–water partition coefficient (Wildman–Crippen LogP) is 3.30. The van der Waals surface area contributed by atoms with Gasteiger partial charge in [-0.3, -0.25) is 14.4 Å². The molecule has 1 aliphatic heterocycles. The van der Waals surface area contributed by atoms with Crippen LogP contribution in [0, 0.1) is 12.8 Å². The van der Waals surface area contributed by atoms with E-state index < -0.39 is 6.04 Å². The second-order valence-corrected chi connectivity index (χ2v) is 8.42. The Morgan fingerprint density at radius 3 is 2.23 bits per heavy atom. The van der Waals surface area contributed by atoms with Gasteiger partial charge < -0.3 is 15.5 Å². The SMILES string of the molecule is Cc1ccccc1C(=O)NC(C(=O)NCc1ccc(C(=O)N2CCCC2)cc1)C(C)C. The second-order valence-electron chi connectivity index (χ2n) is 8.42. The molecule has 2 aromatic carbocycles. The monoisotopic (exact) mass is 421 g/mol. The van der Waals surface area contributed by atoms with E-state index in [0.29, 0.717) is 17.7 Å². The molecular formula is C25H31N3O3. The van der Waals surface area contributed by atoms with Gasteiger partial charge in [0.1, 0.15) is 6.04 Å². The number of carbonyl (C=O) groups excluding carboxylic acids is 3. The van der Waals surface area contributed by atoms with E-state index >= 15 is 0 Å². The number of hydrogen-bond donors (Lipinski definition) is 2. The fraction of sp³-hybridized carbons (Fsp3) is 0.400. The summed E-state index contributed by atoms with van der Waals surface area (Å²) in [5, 5.41) is 5.77. The number of nitrogens with one attached hydrogen (secondary N) is 2. The van der Waals surface area contributed by atoms with Gasteiger partial charge in [0.2, 0.25) is 5.91 Å².